The first-order valence-corrected chi connectivity index (χ1v) is 36.3. The lowest BCUT2D eigenvalue weighted by Gasteiger charge is -2.43. The van der Waals surface area contributed by atoms with Crippen LogP contribution in [0.5, 0.6) is 0 Å². The molecule has 23 heteroatoms. The van der Waals surface area contributed by atoms with Gasteiger partial charge in [0.1, 0.15) is 33.0 Å². The Hall–Kier alpha value is -6.98. The van der Waals surface area contributed by atoms with Gasteiger partial charge in [-0.3, -0.25) is 19.8 Å². The molecule has 3 saturated heterocycles. The van der Waals surface area contributed by atoms with Gasteiger partial charge >= 0.3 is 35.8 Å². The molecule has 3 aliphatic heterocycles. The Morgan fingerprint density at radius 1 is 0.402 bits per heavy atom. The number of aliphatic hydroxyl groups is 1. The van der Waals surface area contributed by atoms with Gasteiger partial charge in [0.2, 0.25) is 12.2 Å². The minimum Gasteiger partial charge on any atom is -0.481 e. The number of nitrogens with one attached hydrogen (secondary N) is 1. The topological polar surface area (TPSA) is 268 Å². The van der Waals surface area contributed by atoms with E-state index in [4.69, 9.17) is 103 Å². The van der Waals surface area contributed by atoms with E-state index in [0.717, 1.165) is 17.5 Å². The number of carboxylic acid groups (broad SMARTS) is 1. The van der Waals surface area contributed by atoms with E-state index in [2.05, 4.69) is 48.5 Å². The van der Waals surface area contributed by atoms with E-state index in [1.165, 1.54) is 0 Å². The molecule has 0 spiro atoms. The summed E-state index contributed by atoms with van der Waals surface area (Å²) < 4.78 is 60.3. The lowest BCUT2D eigenvalue weighted by Crippen LogP contribution is -2.49. The molecule has 20 nitrogen and oxygen atoms in total. The molecule has 0 radical (unpaired) electrons. The average molecular weight is 1480 g/mol. The van der Waals surface area contributed by atoms with Gasteiger partial charge in [-0.1, -0.05) is 212 Å². The maximum Gasteiger partial charge on any atom is 0.338 e. The molecule has 3 heterocycles. The molecule has 102 heavy (non-hydrogen) atoms. The number of halogens is 3. The maximum atomic E-state index is 12.3. The summed E-state index contributed by atoms with van der Waals surface area (Å²) in [6.45, 7) is 21.0. The summed E-state index contributed by atoms with van der Waals surface area (Å²) in [6, 6.07) is 45.8. The number of aliphatic hydroxyl groups excluding tert-OH is 1. The van der Waals surface area contributed by atoms with Crippen molar-refractivity contribution in [2.24, 2.45) is 53.3 Å². The number of carboxylic acids is 1. The molecular weight excluding hydrogens is 1370 g/mol. The maximum absolute atomic E-state index is 12.3. The van der Waals surface area contributed by atoms with E-state index < -0.39 is 27.9 Å². The van der Waals surface area contributed by atoms with Gasteiger partial charge in [0.15, 0.2) is 12.6 Å². The van der Waals surface area contributed by atoms with E-state index in [9.17, 15) is 28.8 Å². The van der Waals surface area contributed by atoms with Crippen molar-refractivity contribution >= 4 is 76.5 Å². The number of carbonyl (C=O) groups excluding carboxylic acids is 5. The molecule has 15 atom stereocenters. The van der Waals surface area contributed by atoms with Crippen molar-refractivity contribution in [3.63, 3.8) is 0 Å². The number of aliphatic carboxylic acids is 1. The Morgan fingerprint density at radius 3 is 1.03 bits per heavy atom. The molecule has 0 bridgehead atoms. The zero-order valence-electron chi connectivity index (χ0n) is 60.1. The van der Waals surface area contributed by atoms with Crippen LogP contribution in [0.2, 0.25) is 0 Å². The monoisotopic (exact) mass is 1480 g/mol. The summed E-state index contributed by atoms with van der Waals surface area (Å²) in [7, 11) is 0. The van der Waals surface area contributed by atoms with Gasteiger partial charge in [-0.2, -0.15) is 0 Å². The zero-order chi connectivity index (χ0) is 74.6. The number of rotatable bonds is 30. The largest absolute Gasteiger partial charge is 0.481 e. The van der Waals surface area contributed by atoms with E-state index in [0.29, 0.717) is 99.9 Å². The highest BCUT2D eigenvalue weighted by Gasteiger charge is 2.44. The van der Waals surface area contributed by atoms with Crippen molar-refractivity contribution in [2.75, 3.05) is 39.6 Å². The third kappa shape index (κ3) is 30.4. The normalized spacial score (nSPS) is 24.4. The fourth-order valence-electron chi connectivity index (χ4n) is 11.3. The number of hydrogen-bond acceptors (Lipinski definition) is 19. The number of unbranched alkanes of at least 4 members (excludes halogenated alkanes) is 3. The highest BCUT2D eigenvalue weighted by atomic mass is 35.6. The molecule has 0 amide bonds. The van der Waals surface area contributed by atoms with E-state index in [-0.39, 0.29) is 129 Å². The summed E-state index contributed by atoms with van der Waals surface area (Å²) in [6.07, 6.45) is 2.59. The summed E-state index contributed by atoms with van der Waals surface area (Å²) in [4.78, 5) is 70.3. The second-order valence-electron chi connectivity index (χ2n) is 26.2. The zero-order valence-corrected chi connectivity index (χ0v) is 62.4. The first-order valence-electron chi connectivity index (χ1n) is 35.2. The third-order valence-corrected chi connectivity index (χ3v) is 19.5. The van der Waals surface area contributed by atoms with Crippen molar-refractivity contribution < 1.29 is 91.1 Å². The molecule has 3 aliphatic rings. The van der Waals surface area contributed by atoms with Crippen LogP contribution < -0.4 is 0 Å². The summed E-state index contributed by atoms with van der Waals surface area (Å²) in [5.41, 5.74) is 3.50. The lowest BCUT2D eigenvalue weighted by molar-refractivity contribution is -0.254. The molecular formula is C79H104Cl3NO19. The summed E-state index contributed by atoms with van der Waals surface area (Å²) in [5.74, 6) is -0.938. The molecule has 3 fully saturated rings. The molecule has 560 valence electrons. The highest BCUT2D eigenvalue weighted by molar-refractivity contribution is 6.76. The van der Waals surface area contributed by atoms with E-state index in [1.54, 1.807) is 60.7 Å². The lowest BCUT2D eigenvalue weighted by atomic mass is 9.79. The predicted molar refractivity (Wildman–Crippen MR) is 388 cm³/mol. The molecule has 0 aromatic heterocycles. The minimum absolute atomic E-state index is 0.0289. The Kier molecular flexibility index (Phi) is 38.6. The number of esters is 5. The molecule has 8 rings (SSSR count). The van der Waals surface area contributed by atoms with Gasteiger partial charge in [0.25, 0.3) is 3.79 Å². The van der Waals surface area contributed by atoms with Gasteiger partial charge in [-0.15, -0.1) is 0 Å². The van der Waals surface area contributed by atoms with Crippen LogP contribution in [0, 0.1) is 58.7 Å². The molecule has 3 N–H and O–H groups in total. The van der Waals surface area contributed by atoms with Crippen LogP contribution in [-0.2, 0) is 79.7 Å². The second-order valence-corrected chi connectivity index (χ2v) is 28.5. The number of ether oxygens (including phenoxy) is 11. The molecule has 0 aliphatic carbocycles. The quantitative estimate of drug-likeness (QED) is 0.00963. The SMILES string of the molecule is CC1[C@@H](OC(=N)C(Cl)(Cl)Cl)OC(COC(=O)c2ccccc2)[C@@H](C)[C@@H]1C.CC1[C@@H](OCCCCC(=O)O)OC(COC(=O)c2ccccc2)[C@@H](C)[C@@H]1C.CC1[C@@H](OCCCCC(=O)OCc2ccccc2)OC(COC(=O)c2ccccc2)[C@@H](C)[C@@H]1C.O=C(CCCCO)OCc1ccccc1. The highest BCUT2D eigenvalue weighted by Crippen LogP contribution is 2.40. The van der Waals surface area contributed by atoms with Gasteiger partial charge in [-0.05, 0) is 122 Å². The number of hydrogen-bond donors (Lipinski definition) is 3. The number of benzene rings is 5. The Morgan fingerprint density at radius 2 is 0.706 bits per heavy atom. The van der Waals surface area contributed by atoms with Gasteiger partial charge in [0, 0.05) is 56.8 Å². The number of alkyl halides is 3. The van der Waals surface area contributed by atoms with Crippen molar-refractivity contribution in [1.29, 1.82) is 5.41 Å². The van der Waals surface area contributed by atoms with Crippen LogP contribution in [0.15, 0.2) is 152 Å². The van der Waals surface area contributed by atoms with Crippen LogP contribution >= 0.6 is 34.8 Å². The van der Waals surface area contributed by atoms with Crippen LogP contribution in [0.4, 0.5) is 0 Å². The fourth-order valence-corrected chi connectivity index (χ4v) is 11.5. The number of carbonyl (C=O) groups is 6. The molecule has 0 saturated carbocycles. The van der Waals surface area contributed by atoms with Gasteiger partial charge < -0.3 is 62.3 Å². The standard InChI is InChI=1S/C28H36O6.C21H30O6.C18H22Cl3NO4.C12H16O3/c1-20-21(2)25(19-33-27(30)24-14-8-5-9-15-24)34-28(22(20)3)31-17-11-10-16-26(29)32-18-23-12-6-4-7-13-23;1-14-15(2)18(13-26-20(24)17-9-5-4-6-10-17)27-21(16(14)3)25-12-8-7-11-19(22)23;1-10-11(2)14(9-24-15(23)13-7-5-4-6-8-13)25-16(12(10)3)26-17(22)18(19,20)21;13-9-5-4-8-12(14)15-10-11-6-2-1-3-7-11/h4-9,12-15,20-22,25,28H,10-11,16-19H2,1-3H3;4-6,9-10,14-16,18,21H,7-8,11-13H2,1-3H3,(H,22,23);4-8,10-12,14,16,22H,9H2,1-3H3;1-3,6-7,13H,4-5,8-10H2/t20-,21-,22?,25?,28-;14-,15-,16?,18?,21-;10-,11-,12?,14?,16+;/m000./s1. The molecule has 5 aromatic rings. The fraction of sp³-hybridized carbons (Fsp3) is 0.532. The van der Waals surface area contributed by atoms with Crippen molar-refractivity contribution in [1.82, 2.24) is 0 Å². The predicted octanol–water partition coefficient (Wildman–Crippen LogP) is 15.9. The first-order chi connectivity index (χ1) is 48.8. The van der Waals surface area contributed by atoms with Crippen LogP contribution in [0.1, 0.15) is 162 Å². The Labute approximate surface area is 616 Å². The van der Waals surface area contributed by atoms with Crippen LogP contribution in [0.25, 0.3) is 0 Å². The first kappa shape index (κ1) is 85.7. The van der Waals surface area contributed by atoms with Crippen molar-refractivity contribution in [3.8, 4) is 0 Å². The van der Waals surface area contributed by atoms with E-state index in [1.807, 2.05) is 105 Å². The van der Waals surface area contributed by atoms with Crippen molar-refractivity contribution in [2.45, 2.75) is 174 Å². The van der Waals surface area contributed by atoms with Gasteiger partial charge in [0.05, 0.1) is 35.0 Å². The molecule has 5 aromatic carbocycles. The molecule has 6 unspecified atom stereocenters. The second kappa shape index (κ2) is 46.0. The summed E-state index contributed by atoms with van der Waals surface area (Å²) >= 11 is 17.0. The van der Waals surface area contributed by atoms with Crippen LogP contribution in [-0.4, -0.2) is 133 Å². The minimum atomic E-state index is -1.95. The van der Waals surface area contributed by atoms with Gasteiger partial charge in [-0.25, -0.2) is 14.4 Å². The third-order valence-electron chi connectivity index (χ3n) is 19.0. The summed E-state index contributed by atoms with van der Waals surface area (Å²) in [5, 5.41) is 25.0. The Balaban J connectivity index is 0.000000253. The average Bonchev–Trinajstić information content (AvgIpc) is 0.831. The van der Waals surface area contributed by atoms with Crippen molar-refractivity contribution in [3.05, 3.63) is 179 Å². The van der Waals surface area contributed by atoms with E-state index >= 15 is 0 Å². The van der Waals surface area contributed by atoms with Crippen LogP contribution in [0.3, 0.4) is 0 Å². The smallest absolute Gasteiger partial charge is 0.338 e. The Bertz CT molecular complexity index is 3240.